The number of ether oxygens (including phenoxy) is 1. The summed E-state index contributed by atoms with van der Waals surface area (Å²) in [6.07, 6.45) is 1.52. The van der Waals surface area contributed by atoms with Crippen LogP contribution in [0.4, 0.5) is 13.2 Å². The van der Waals surface area contributed by atoms with Crippen molar-refractivity contribution in [2.24, 2.45) is 0 Å². The molecule has 28 heavy (non-hydrogen) atoms. The molecule has 2 aromatic heterocycles. The Hall–Kier alpha value is -3.09. The van der Waals surface area contributed by atoms with Crippen molar-refractivity contribution in [3.8, 4) is 16.9 Å². The molecule has 4 rings (SSSR count). The molecule has 0 bridgehead atoms. The van der Waals surface area contributed by atoms with Crippen LogP contribution in [0.3, 0.4) is 0 Å². The average molecular weight is 385 g/mol. The average Bonchev–Trinajstić information content (AvgIpc) is 3.05. The third kappa shape index (κ3) is 3.65. The van der Waals surface area contributed by atoms with E-state index in [-0.39, 0.29) is 11.8 Å². The molecular formula is C21H18F3N3O. The summed E-state index contributed by atoms with van der Waals surface area (Å²) in [5.74, 6) is -0.220. The van der Waals surface area contributed by atoms with E-state index in [0.29, 0.717) is 12.0 Å². The van der Waals surface area contributed by atoms with E-state index in [9.17, 15) is 13.2 Å². The van der Waals surface area contributed by atoms with Crippen LogP contribution >= 0.6 is 0 Å². The molecule has 0 amide bonds. The first-order valence-electron chi connectivity index (χ1n) is 8.87. The highest BCUT2D eigenvalue weighted by molar-refractivity contribution is 5.87. The second-order valence-electron chi connectivity index (χ2n) is 6.87. The number of hydrogen-bond acceptors (Lipinski definition) is 3. The lowest BCUT2D eigenvalue weighted by Gasteiger charge is -2.23. The molecule has 0 radical (unpaired) electrons. The van der Waals surface area contributed by atoms with E-state index in [2.05, 4.69) is 14.8 Å². The highest BCUT2D eigenvalue weighted by Gasteiger charge is 2.31. The summed E-state index contributed by atoms with van der Waals surface area (Å²) in [6.45, 7) is 3.97. The third-order valence-corrected chi connectivity index (χ3v) is 4.72. The molecule has 0 aliphatic carbocycles. The smallest absolute Gasteiger partial charge is 0.406 e. The summed E-state index contributed by atoms with van der Waals surface area (Å²) >= 11 is 0. The number of hydrogen-bond donors (Lipinski definition) is 0. The molecule has 7 heteroatoms. The first-order valence-corrected chi connectivity index (χ1v) is 8.87. The highest BCUT2D eigenvalue weighted by atomic mass is 19.4. The Labute approximate surface area is 160 Å². The standard InChI is InChI=1S/C21H18F3N3O/c1-13-8-16(6-7-25-13)19-12-26-27-14(2)9-17(11-20(19)27)15-4-3-5-18(10-15)28-21(22,23)24/h3-8,10-12,14H,9H2,1-2H3/t14-/m0/s1. The van der Waals surface area contributed by atoms with E-state index in [4.69, 9.17) is 0 Å². The van der Waals surface area contributed by atoms with Gasteiger partial charge in [-0.25, -0.2) is 0 Å². The van der Waals surface area contributed by atoms with Crippen LogP contribution in [0.1, 0.15) is 36.3 Å². The number of aryl methyl sites for hydroxylation is 1. The van der Waals surface area contributed by atoms with Crippen LogP contribution in [0.25, 0.3) is 22.8 Å². The number of benzene rings is 1. The summed E-state index contributed by atoms with van der Waals surface area (Å²) in [7, 11) is 0. The predicted molar refractivity (Wildman–Crippen MR) is 101 cm³/mol. The molecule has 0 fully saturated rings. The van der Waals surface area contributed by atoms with Gasteiger partial charge in [-0.05, 0) is 67.3 Å². The van der Waals surface area contributed by atoms with Crippen molar-refractivity contribution < 1.29 is 17.9 Å². The van der Waals surface area contributed by atoms with Crippen molar-refractivity contribution in [3.05, 3.63) is 65.7 Å². The van der Waals surface area contributed by atoms with E-state index in [1.807, 2.05) is 42.9 Å². The van der Waals surface area contributed by atoms with E-state index >= 15 is 0 Å². The third-order valence-electron chi connectivity index (χ3n) is 4.72. The Morgan fingerprint density at radius 1 is 1.14 bits per heavy atom. The topological polar surface area (TPSA) is 39.9 Å². The van der Waals surface area contributed by atoms with E-state index in [1.54, 1.807) is 18.3 Å². The summed E-state index contributed by atoms with van der Waals surface area (Å²) in [4.78, 5) is 4.23. The Kier molecular flexibility index (Phi) is 4.45. The fraction of sp³-hybridized carbons (Fsp3) is 0.238. The van der Waals surface area contributed by atoms with Gasteiger partial charge in [0.2, 0.25) is 0 Å². The quantitative estimate of drug-likeness (QED) is 0.584. The molecule has 1 atom stereocenters. The van der Waals surface area contributed by atoms with Crippen LogP contribution in [0.2, 0.25) is 0 Å². The fourth-order valence-corrected chi connectivity index (χ4v) is 3.53. The molecular weight excluding hydrogens is 367 g/mol. The van der Waals surface area contributed by atoms with Crippen molar-refractivity contribution in [2.75, 3.05) is 0 Å². The first kappa shape index (κ1) is 18.3. The van der Waals surface area contributed by atoms with Gasteiger partial charge in [-0.3, -0.25) is 9.67 Å². The summed E-state index contributed by atoms with van der Waals surface area (Å²) in [5, 5.41) is 4.52. The van der Waals surface area contributed by atoms with Crippen molar-refractivity contribution in [1.82, 2.24) is 14.8 Å². The van der Waals surface area contributed by atoms with Gasteiger partial charge in [0, 0.05) is 17.5 Å². The number of fused-ring (bicyclic) bond motifs is 1. The van der Waals surface area contributed by atoms with Gasteiger partial charge in [0.05, 0.1) is 17.9 Å². The second-order valence-corrected chi connectivity index (χ2v) is 6.87. The maximum absolute atomic E-state index is 12.6. The minimum Gasteiger partial charge on any atom is -0.406 e. The van der Waals surface area contributed by atoms with Crippen LogP contribution in [0, 0.1) is 6.92 Å². The Morgan fingerprint density at radius 2 is 1.96 bits per heavy atom. The minimum absolute atomic E-state index is 0.0823. The molecule has 0 saturated carbocycles. The van der Waals surface area contributed by atoms with Gasteiger partial charge in [0.25, 0.3) is 0 Å². The van der Waals surface area contributed by atoms with Crippen molar-refractivity contribution in [2.45, 2.75) is 32.7 Å². The molecule has 0 spiro atoms. The largest absolute Gasteiger partial charge is 0.573 e. The van der Waals surface area contributed by atoms with Crippen molar-refractivity contribution >= 4 is 11.6 Å². The molecule has 3 aromatic rings. The molecule has 0 unspecified atom stereocenters. The maximum Gasteiger partial charge on any atom is 0.573 e. The summed E-state index contributed by atoms with van der Waals surface area (Å²) < 4.78 is 43.7. The number of alkyl halides is 3. The molecule has 144 valence electrons. The lowest BCUT2D eigenvalue weighted by Crippen LogP contribution is -2.17. The van der Waals surface area contributed by atoms with Gasteiger partial charge in [-0.15, -0.1) is 13.2 Å². The number of nitrogens with zero attached hydrogens (tertiary/aromatic N) is 3. The molecule has 0 N–H and O–H groups in total. The van der Waals surface area contributed by atoms with Crippen molar-refractivity contribution in [3.63, 3.8) is 0 Å². The number of allylic oxidation sites excluding steroid dienone is 1. The molecule has 0 saturated heterocycles. The minimum atomic E-state index is -4.71. The lowest BCUT2D eigenvalue weighted by molar-refractivity contribution is -0.274. The monoisotopic (exact) mass is 385 g/mol. The van der Waals surface area contributed by atoms with Gasteiger partial charge >= 0.3 is 6.36 Å². The number of aromatic nitrogens is 3. The van der Waals surface area contributed by atoms with Crippen LogP contribution in [-0.2, 0) is 0 Å². The zero-order valence-electron chi connectivity index (χ0n) is 15.4. The zero-order valence-corrected chi connectivity index (χ0v) is 15.4. The molecule has 1 aromatic carbocycles. The Balaban J connectivity index is 1.76. The van der Waals surface area contributed by atoms with Gasteiger partial charge in [-0.1, -0.05) is 12.1 Å². The number of rotatable bonds is 3. The first-order chi connectivity index (χ1) is 13.3. The van der Waals surface area contributed by atoms with Crippen LogP contribution < -0.4 is 4.74 Å². The predicted octanol–water partition coefficient (Wildman–Crippen LogP) is 5.66. The van der Waals surface area contributed by atoms with Crippen LogP contribution in [0.5, 0.6) is 5.75 Å². The zero-order chi connectivity index (χ0) is 19.9. The summed E-state index contributed by atoms with van der Waals surface area (Å²) in [6, 6.07) is 10.1. The van der Waals surface area contributed by atoms with Crippen LogP contribution in [-0.4, -0.2) is 21.1 Å². The van der Waals surface area contributed by atoms with E-state index < -0.39 is 6.36 Å². The van der Waals surface area contributed by atoms with Crippen molar-refractivity contribution in [1.29, 1.82) is 0 Å². The van der Waals surface area contributed by atoms with Gasteiger partial charge in [-0.2, -0.15) is 5.10 Å². The molecule has 1 aliphatic rings. The maximum atomic E-state index is 12.6. The number of pyridine rings is 1. The van der Waals surface area contributed by atoms with Crippen LogP contribution in [0.15, 0.2) is 48.8 Å². The van der Waals surface area contributed by atoms with E-state index in [0.717, 1.165) is 28.1 Å². The Morgan fingerprint density at radius 3 is 2.71 bits per heavy atom. The van der Waals surface area contributed by atoms with Gasteiger partial charge in [0.15, 0.2) is 0 Å². The number of halogens is 3. The van der Waals surface area contributed by atoms with Gasteiger partial charge in [0.1, 0.15) is 5.75 Å². The molecule has 4 nitrogen and oxygen atoms in total. The fourth-order valence-electron chi connectivity index (χ4n) is 3.53. The normalized spacial score (nSPS) is 16.5. The molecule has 3 heterocycles. The lowest BCUT2D eigenvalue weighted by atomic mass is 9.93. The SMILES string of the molecule is Cc1cc(-c2cnn3c2C=C(c2cccc(OC(F)(F)F)c2)C[C@@H]3C)ccn1. The van der Waals surface area contributed by atoms with E-state index in [1.165, 1.54) is 12.1 Å². The van der Waals surface area contributed by atoms with Gasteiger partial charge < -0.3 is 4.74 Å². The summed E-state index contributed by atoms with van der Waals surface area (Å²) in [5.41, 5.74) is 5.46. The molecule has 1 aliphatic heterocycles. The second kappa shape index (κ2) is 6.82. The Bertz CT molecular complexity index is 1050. The highest BCUT2D eigenvalue weighted by Crippen LogP contribution is 2.38.